The molecule has 96 valence electrons. The summed E-state index contributed by atoms with van der Waals surface area (Å²) in [7, 11) is 1.19. The Morgan fingerprint density at radius 1 is 1.44 bits per heavy atom. The predicted octanol–water partition coefficient (Wildman–Crippen LogP) is 1.02. The van der Waals surface area contributed by atoms with Gasteiger partial charge in [0.15, 0.2) is 0 Å². The minimum absolute atomic E-state index is 0.0348. The van der Waals surface area contributed by atoms with Crippen molar-refractivity contribution >= 4 is 17.6 Å². The van der Waals surface area contributed by atoms with Crippen LogP contribution in [0.25, 0.3) is 0 Å². The molecular weight excluding hydrogens is 240 g/mol. The van der Waals surface area contributed by atoms with Gasteiger partial charge >= 0.3 is 5.97 Å². The van der Waals surface area contributed by atoms with Gasteiger partial charge in [0.1, 0.15) is 0 Å². The lowest BCUT2D eigenvalue weighted by Crippen LogP contribution is -2.19. The Labute approximate surface area is 103 Å². The van der Waals surface area contributed by atoms with Gasteiger partial charge in [0, 0.05) is 25.1 Å². The normalized spacial score (nSPS) is 9.67. The molecule has 0 unspecified atom stereocenters. The van der Waals surface area contributed by atoms with Gasteiger partial charge in [-0.15, -0.1) is 0 Å². The summed E-state index contributed by atoms with van der Waals surface area (Å²) in [5.41, 5.74) is 0.185. The molecular formula is C11H12N2O5. The summed E-state index contributed by atoms with van der Waals surface area (Å²) < 4.78 is 4.48. The molecule has 0 aliphatic rings. The summed E-state index contributed by atoms with van der Waals surface area (Å²) in [6.45, 7) is 1.35. The zero-order valence-electron chi connectivity index (χ0n) is 9.93. The maximum absolute atomic E-state index is 11.3. The maximum Gasteiger partial charge on any atom is 0.338 e. The number of nitro groups is 1. The van der Waals surface area contributed by atoms with Gasteiger partial charge in [-0.05, 0) is 12.1 Å². The quantitative estimate of drug-likeness (QED) is 0.490. The molecule has 0 heterocycles. The fourth-order valence-electron chi connectivity index (χ4n) is 1.35. The smallest absolute Gasteiger partial charge is 0.338 e. The Bertz CT molecular complexity index is 498. The highest BCUT2D eigenvalue weighted by atomic mass is 16.6. The van der Waals surface area contributed by atoms with Crippen LogP contribution in [0.2, 0.25) is 0 Å². The Morgan fingerprint density at radius 2 is 2.11 bits per heavy atom. The molecule has 1 rings (SSSR count). The second kappa shape index (κ2) is 5.76. The van der Waals surface area contributed by atoms with Gasteiger partial charge < -0.3 is 10.1 Å². The van der Waals surface area contributed by atoms with Crippen molar-refractivity contribution in [1.82, 2.24) is 5.32 Å². The number of benzene rings is 1. The van der Waals surface area contributed by atoms with E-state index < -0.39 is 10.9 Å². The number of methoxy groups -OCH3 is 1. The number of ether oxygens (including phenoxy) is 1. The monoisotopic (exact) mass is 252 g/mol. The Kier molecular flexibility index (Phi) is 4.36. The highest BCUT2D eigenvalue weighted by molar-refractivity contribution is 5.90. The highest BCUT2D eigenvalue weighted by Gasteiger charge is 2.17. The van der Waals surface area contributed by atoms with Crippen molar-refractivity contribution in [3.05, 3.63) is 39.4 Å². The first-order valence-electron chi connectivity index (χ1n) is 5.05. The van der Waals surface area contributed by atoms with Crippen molar-refractivity contribution in [1.29, 1.82) is 0 Å². The van der Waals surface area contributed by atoms with E-state index in [1.807, 2.05) is 0 Å². The van der Waals surface area contributed by atoms with E-state index in [9.17, 15) is 19.7 Å². The van der Waals surface area contributed by atoms with E-state index in [0.29, 0.717) is 5.56 Å². The molecule has 0 spiro atoms. The van der Waals surface area contributed by atoms with Gasteiger partial charge in [-0.25, -0.2) is 4.79 Å². The van der Waals surface area contributed by atoms with Crippen LogP contribution in [-0.4, -0.2) is 23.9 Å². The van der Waals surface area contributed by atoms with Crippen molar-refractivity contribution in [2.24, 2.45) is 0 Å². The molecule has 1 amide bonds. The second-order valence-corrected chi connectivity index (χ2v) is 3.50. The molecule has 0 aromatic heterocycles. The molecule has 18 heavy (non-hydrogen) atoms. The first kappa shape index (κ1) is 13.6. The summed E-state index contributed by atoms with van der Waals surface area (Å²) in [4.78, 5) is 32.3. The van der Waals surface area contributed by atoms with E-state index in [1.165, 1.54) is 26.2 Å². The first-order chi connectivity index (χ1) is 8.45. The Hall–Kier alpha value is -2.44. The third-order valence-electron chi connectivity index (χ3n) is 2.23. The van der Waals surface area contributed by atoms with E-state index in [2.05, 4.69) is 10.1 Å². The molecule has 1 aromatic rings. The molecule has 0 saturated heterocycles. The molecule has 0 atom stereocenters. The van der Waals surface area contributed by atoms with Gasteiger partial charge in [0.25, 0.3) is 5.69 Å². The van der Waals surface area contributed by atoms with Gasteiger partial charge in [0.05, 0.1) is 17.6 Å². The fraction of sp³-hybridized carbons (Fsp3) is 0.273. The Balaban J connectivity index is 3.08. The van der Waals surface area contributed by atoms with E-state index >= 15 is 0 Å². The molecule has 7 nitrogen and oxygen atoms in total. The zero-order chi connectivity index (χ0) is 13.7. The molecule has 0 bridgehead atoms. The number of esters is 1. The minimum atomic E-state index is -0.649. The maximum atomic E-state index is 11.3. The number of nitro benzene ring substituents is 1. The van der Waals surface area contributed by atoms with Crippen molar-refractivity contribution in [3.63, 3.8) is 0 Å². The molecule has 0 saturated carbocycles. The van der Waals surface area contributed by atoms with Crippen LogP contribution in [0.1, 0.15) is 22.8 Å². The molecule has 1 aromatic carbocycles. The summed E-state index contributed by atoms with van der Waals surface area (Å²) in [5.74, 6) is -0.939. The highest BCUT2D eigenvalue weighted by Crippen LogP contribution is 2.20. The number of rotatable bonds is 4. The molecule has 0 aliphatic carbocycles. The van der Waals surface area contributed by atoms with Crippen LogP contribution in [0.3, 0.4) is 0 Å². The lowest BCUT2D eigenvalue weighted by Gasteiger charge is -2.05. The third kappa shape index (κ3) is 3.27. The van der Waals surface area contributed by atoms with Crippen LogP contribution in [0.15, 0.2) is 18.2 Å². The zero-order valence-corrected chi connectivity index (χ0v) is 9.93. The van der Waals surface area contributed by atoms with Gasteiger partial charge in [-0.3, -0.25) is 14.9 Å². The van der Waals surface area contributed by atoms with Crippen molar-refractivity contribution in [3.8, 4) is 0 Å². The number of nitrogens with zero attached hydrogens (tertiary/aromatic N) is 1. The van der Waals surface area contributed by atoms with Crippen molar-refractivity contribution in [2.45, 2.75) is 13.5 Å². The number of carbonyl (C=O) groups excluding carboxylic acids is 2. The standard InChI is InChI=1S/C11H12N2O5/c1-7(14)12-6-9-4-3-8(11(15)18-2)5-10(9)13(16)17/h3-5H,6H2,1-2H3,(H,12,14). The third-order valence-corrected chi connectivity index (χ3v) is 2.23. The summed E-state index contributed by atoms with van der Waals surface area (Å²) in [5, 5.41) is 13.3. The molecule has 0 fully saturated rings. The summed E-state index contributed by atoms with van der Waals surface area (Å²) in [6, 6.07) is 3.96. The van der Waals surface area contributed by atoms with Crippen LogP contribution >= 0.6 is 0 Å². The number of hydrogen-bond acceptors (Lipinski definition) is 5. The second-order valence-electron chi connectivity index (χ2n) is 3.50. The SMILES string of the molecule is COC(=O)c1ccc(CNC(C)=O)c([N+](=O)[O-])c1. The fourth-order valence-corrected chi connectivity index (χ4v) is 1.35. The van der Waals surface area contributed by atoms with Gasteiger partial charge in [0.2, 0.25) is 5.91 Å². The number of nitrogens with one attached hydrogen (secondary N) is 1. The van der Waals surface area contributed by atoms with E-state index in [0.717, 1.165) is 6.07 Å². The molecule has 0 radical (unpaired) electrons. The average molecular weight is 252 g/mol. The molecule has 1 N–H and O–H groups in total. The van der Waals surface area contributed by atoms with Gasteiger partial charge in [-0.1, -0.05) is 0 Å². The first-order valence-corrected chi connectivity index (χ1v) is 5.05. The largest absolute Gasteiger partial charge is 0.465 e. The van der Waals surface area contributed by atoms with Crippen LogP contribution in [-0.2, 0) is 16.1 Å². The van der Waals surface area contributed by atoms with Crippen LogP contribution < -0.4 is 5.32 Å². The van der Waals surface area contributed by atoms with E-state index in [4.69, 9.17) is 0 Å². The van der Waals surface area contributed by atoms with Crippen LogP contribution in [0.5, 0.6) is 0 Å². The lowest BCUT2D eigenvalue weighted by molar-refractivity contribution is -0.385. The molecule has 7 heteroatoms. The van der Waals surface area contributed by atoms with Crippen LogP contribution in [0.4, 0.5) is 5.69 Å². The van der Waals surface area contributed by atoms with Crippen molar-refractivity contribution in [2.75, 3.05) is 7.11 Å². The minimum Gasteiger partial charge on any atom is -0.465 e. The lowest BCUT2D eigenvalue weighted by atomic mass is 10.1. The summed E-state index contributed by atoms with van der Waals surface area (Å²) >= 11 is 0. The number of amides is 1. The summed E-state index contributed by atoms with van der Waals surface area (Å²) in [6.07, 6.45) is 0. The van der Waals surface area contributed by atoms with Crippen LogP contribution in [0, 0.1) is 10.1 Å². The number of carbonyl (C=O) groups is 2. The van der Waals surface area contributed by atoms with Crippen molar-refractivity contribution < 1.29 is 19.2 Å². The average Bonchev–Trinajstić information content (AvgIpc) is 2.34. The molecule has 0 aliphatic heterocycles. The Morgan fingerprint density at radius 3 is 2.61 bits per heavy atom. The number of hydrogen-bond donors (Lipinski definition) is 1. The van der Waals surface area contributed by atoms with E-state index in [1.54, 1.807) is 0 Å². The topological polar surface area (TPSA) is 98.5 Å². The predicted molar refractivity (Wildman–Crippen MR) is 62.0 cm³/mol. The van der Waals surface area contributed by atoms with E-state index in [-0.39, 0.29) is 23.7 Å². The van der Waals surface area contributed by atoms with Gasteiger partial charge in [-0.2, -0.15) is 0 Å².